The van der Waals surface area contributed by atoms with E-state index >= 15 is 0 Å². The van der Waals surface area contributed by atoms with Gasteiger partial charge in [0.2, 0.25) is 0 Å². The summed E-state index contributed by atoms with van der Waals surface area (Å²) in [6.45, 7) is 8.89. The van der Waals surface area contributed by atoms with Gasteiger partial charge in [0.15, 0.2) is 0 Å². The fraction of sp³-hybridized carbons (Fsp3) is 0.857. The second-order valence-corrected chi connectivity index (χ2v) is 4.25. The van der Waals surface area contributed by atoms with Crippen molar-refractivity contribution in [1.29, 1.82) is 0 Å². The SMILES string of the molecule is CCP=CC(C)(C)C. The lowest BCUT2D eigenvalue weighted by Crippen LogP contribution is -2.03. The zero-order valence-corrected chi connectivity index (χ0v) is 7.13. The van der Waals surface area contributed by atoms with E-state index in [9.17, 15) is 0 Å². The second kappa shape index (κ2) is 3.25. The lowest BCUT2D eigenvalue weighted by Gasteiger charge is -2.09. The molecule has 0 unspecified atom stereocenters. The molecule has 1 heteroatoms. The third-order valence-electron chi connectivity index (χ3n) is 0.661. The molecule has 0 nitrogen and oxygen atoms in total. The largest absolute Gasteiger partial charge is 0.109 e. The van der Waals surface area contributed by atoms with E-state index in [0.29, 0.717) is 5.41 Å². The van der Waals surface area contributed by atoms with Gasteiger partial charge in [-0.3, -0.25) is 0 Å². The maximum atomic E-state index is 2.34. The molecule has 0 saturated heterocycles. The Kier molecular flexibility index (Phi) is 3.31. The van der Waals surface area contributed by atoms with Crippen molar-refractivity contribution in [2.45, 2.75) is 27.7 Å². The van der Waals surface area contributed by atoms with Gasteiger partial charge in [-0.1, -0.05) is 33.5 Å². The van der Waals surface area contributed by atoms with Crippen LogP contribution in [-0.2, 0) is 0 Å². The van der Waals surface area contributed by atoms with E-state index in [-0.39, 0.29) is 0 Å². The van der Waals surface area contributed by atoms with Crippen LogP contribution in [0.25, 0.3) is 0 Å². The van der Waals surface area contributed by atoms with Gasteiger partial charge in [0.25, 0.3) is 0 Å². The first-order chi connectivity index (χ1) is 3.56. The van der Waals surface area contributed by atoms with Crippen molar-refractivity contribution >= 4 is 14.0 Å². The van der Waals surface area contributed by atoms with Crippen molar-refractivity contribution < 1.29 is 0 Å². The molecule has 0 spiro atoms. The first-order valence-electron chi connectivity index (χ1n) is 3.07. The van der Waals surface area contributed by atoms with Crippen LogP contribution >= 0.6 is 8.20 Å². The number of rotatable bonds is 1. The Morgan fingerprint density at radius 1 is 1.38 bits per heavy atom. The fourth-order valence-electron chi connectivity index (χ4n) is 0.365. The summed E-state index contributed by atoms with van der Waals surface area (Å²) in [6, 6.07) is 0. The van der Waals surface area contributed by atoms with Crippen molar-refractivity contribution in [3.63, 3.8) is 0 Å². The van der Waals surface area contributed by atoms with Gasteiger partial charge >= 0.3 is 0 Å². The summed E-state index contributed by atoms with van der Waals surface area (Å²) in [5.74, 6) is 2.34. The summed E-state index contributed by atoms with van der Waals surface area (Å²) in [5.41, 5.74) is 0.414. The van der Waals surface area contributed by atoms with Crippen LogP contribution in [0.15, 0.2) is 0 Å². The molecule has 0 heterocycles. The van der Waals surface area contributed by atoms with Crippen molar-refractivity contribution in [3.05, 3.63) is 0 Å². The molecule has 8 heavy (non-hydrogen) atoms. The minimum absolute atomic E-state index is 0.414. The average molecular weight is 130 g/mol. The first kappa shape index (κ1) is 8.17. The molecule has 0 bridgehead atoms. The summed E-state index contributed by atoms with van der Waals surface area (Å²) in [6.07, 6.45) is 1.25. The average Bonchev–Trinajstić information content (AvgIpc) is 1.59. The Morgan fingerprint density at radius 2 is 1.88 bits per heavy atom. The Morgan fingerprint density at radius 3 is 2.00 bits per heavy atom. The molecule has 48 valence electrons. The molecule has 0 aliphatic carbocycles. The van der Waals surface area contributed by atoms with Gasteiger partial charge in [-0.05, 0) is 11.6 Å². The zero-order chi connectivity index (χ0) is 6.62. The van der Waals surface area contributed by atoms with E-state index in [0.717, 1.165) is 0 Å². The van der Waals surface area contributed by atoms with Crippen molar-refractivity contribution in [2.24, 2.45) is 5.41 Å². The van der Waals surface area contributed by atoms with Gasteiger partial charge in [0.1, 0.15) is 0 Å². The number of hydrogen-bond acceptors (Lipinski definition) is 0. The van der Waals surface area contributed by atoms with Gasteiger partial charge in [0, 0.05) is 0 Å². The molecule has 0 aromatic carbocycles. The molecule has 0 fully saturated rings. The summed E-state index contributed by atoms with van der Waals surface area (Å²) >= 11 is 0. The van der Waals surface area contributed by atoms with Crippen LogP contribution in [0.2, 0.25) is 0 Å². The third kappa shape index (κ3) is 6.17. The van der Waals surface area contributed by atoms with Gasteiger partial charge in [-0.2, -0.15) is 0 Å². The maximum absolute atomic E-state index is 2.34. The first-order valence-corrected chi connectivity index (χ1v) is 4.22. The fourth-order valence-corrected chi connectivity index (χ4v) is 1.10. The predicted molar refractivity (Wildman–Crippen MR) is 43.0 cm³/mol. The molecule has 0 amide bonds. The van der Waals surface area contributed by atoms with E-state index < -0.39 is 0 Å². The third-order valence-corrected chi connectivity index (χ3v) is 1.98. The molecule has 0 saturated carbocycles. The zero-order valence-electron chi connectivity index (χ0n) is 6.23. The normalized spacial score (nSPS) is 13.0. The van der Waals surface area contributed by atoms with Crippen LogP contribution in [0.4, 0.5) is 0 Å². The Labute approximate surface area is 54.1 Å². The van der Waals surface area contributed by atoms with Crippen molar-refractivity contribution in [3.8, 4) is 0 Å². The molecule has 0 aliphatic rings. The van der Waals surface area contributed by atoms with Crippen LogP contribution < -0.4 is 0 Å². The monoisotopic (exact) mass is 130 g/mol. The molecule has 0 aromatic heterocycles. The lowest BCUT2D eigenvalue weighted by atomic mass is 10.0. The van der Waals surface area contributed by atoms with E-state index in [1.807, 2.05) is 0 Å². The second-order valence-electron chi connectivity index (χ2n) is 2.99. The standard InChI is InChI=1S/C7H15P/c1-5-8-6-7(2,3)4/h6H,5H2,1-4H3. The maximum Gasteiger partial charge on any atom is -0.0138 e. The molecular formula is C7H15P. The Bertz CT molecular complexity index is 76.9. The number of hydrogen-bond donors (Lipinski definition) is 0. The van der Waals surface area contributed by atoms with E-state index in [1.165, 1.54) is 14.4 Å². The van der Waals surface area contributed by atoms with Gasteiger partial charge in [-0.15, -0.1) is 8.20 Å². The van der Waals surface area contributed by atoms with Crippen molar-refractivity contribution in [1.82, 2.24) is 0 Å². The molecule has 0 N–H and O–H groups in total. The van der Waals surface area contributed by atoms with E-state index in [4.69, 9.17) is 0 Å². The molecule has 0 aliphatic heterocycles. The van der Waals surface area contributed by atoms with Crippen LogP contribution in [0.1, 0.15) is 27.7 Å². The smallest absolute Gasteiger partial charge is 0.0138 e. The summed E-state index contributed by atoms with van der Waals surface area (Å²) < 4.78 is 0. The molecular weight excluding hydrogens is 115 g/mol. The quantitative estimate of drug-likeness (QED) is 0.479. The van der Waals surface area contributed by atoms with Crippen LogP contribution in [-0.4, -0.2) is 12.0 Å². The highest BCUT2D eigenvalue weighted by Crippen LogP contribution is 2.12. The van der Waals surface area contributed by atoms with Gasteiger partial charge in [-0.25, -0.2) is 0 Å². The molecule has 0 radical (unpaired) electrons. The lowest BCUT2D eigenvalue weighted by molar-refractivity contribution is 0.615. The minimum Gasteiger partial charge on any atom is -0.109 e. The van der Waals surface area contributed by atoms with Crippen LogP contribution in [0, 0.1) is 5.41 Å². The summed E-state index contributed by atoms with van der Waals surface area (Å²) in [7, 11) is 1.47. The molecule has 0 atom stereocenters. The van der Waals surface area contributed by atoms with Crippen molar-refractivity contribution in [2.75, 3.05) is 6.16 Å². The molecule has 0 rings (SSSR count). The van der Waals surface area contributed by atoms with Crippen LogP contribution in [0.5, 0.6) is 0 Å². The van der Waals surface area contributed by atoms with E-state index in [1.54, 1.807) is 0 Å². The summed E-state index contributed by atoms with van der Waals surface area (Å²) in [5, 5.41) is 0. The minimum atomic E-state index is 0.414. The highest BCUT2D eigenvalue weighted by molar-refractivity contribution is 7.38. The molecule has 0 aromatic rings. The Hall–Kier alpha value is 0.170. The Balaban J connectivity index is 3.52. The van der Waals surface area contributed by atoms with E-state index in [2.05, 4.69) is 33.5 Å². The topological polar surface area (TPSA) is 0 Å². The highest BCUT2D eigenvalue weighted by atomic mass is 31.1. The predicted octanol–water partition coefficient (Wildman–Crippen LogP) is 2.80. The summed E-state index contributed by atoms with van der Waals surface area (Å²) in [4.78, 5) is 0. The van der Waals surface area contributed by atoms with Gasteiger partial charge in [0.05, 0.1) is 0 Å². The highest BCUT2D eigenvalue weighted by Gasteiger charge is 2.02. The van der Waals surface area contributed by atoms with Gasteiger partial charge < -0.3 is 0 Å². The van der Waals surface area contributed by atoms with Crippen LogP contribution in [0.3, 0.4) is 0 Å².